The molecule has 1 rings (SSSR count). The van der Waals surface area contributed by atoms with Gasteiger partial charge in [0.05, 0.1) is 10.4 Å². The standard InChI is InChI=1S/C9H15ClN2O2S/c1-6-7(8(10)12(5)11-6)15(13,14)9(2,3)4/h1-5H3. The Morgan fingerprint density at radius 1 is 1.33 bits per heavy atom. The number of sulfone groups is 1. The molecule has 0 fully saturated rings. The first-order chi connectivity index (χ1) is 6.59. The van der Waals surface area contributed by atoms with Gasteiger partial charge in [0.15, 0.2) is 9.84 Å². The summed E-state index contributed by atoms with van der Waals surface area (Å²) < 4.78 is 24.8. The molecule has 0 aliphatic rings. The van der Waals surface area contributed by atoms with Gasteiger partial charge in [0, 0.05) is 7.05 Å². The van der Waals surface area contributed by atoms with Gasteiger partial charge in [0.2, 0.25) is 0 Å². The van der Waals surface area contributed by atoms with Crippen molar-refractivity contribution in [2.24, 2.45) is 7.05 Å². The third-order valence-corrected chi connectivity index (χ3v) is 5.36. The Morgan fingerprint density at radius 3 is 2.07 bits per heavy atom. The van der Waals surface area contributed by atoms with Crippen LogP contribution >= 0.6 is 11.6 Å². The quantitative estimate of drug-likeness (QED) is 0.766. The van der Waals surface area contributed by atoms with E-state index in [4.69, 9.17) is 11.6 Å². The third kappa shape index (κ3) is 1.90. The van der Waals surface area contributed by atoms with Crippen molar-refractivity contribution < 1.29 is 8.42 Å². The van der Waals surface area contributed by atoms with Gasteiger partial charge in [0.1, 0.15) is 10.0 Å². The van der Waals surface area contributed by atoms with E-state index in [-0.39, 0.29) is 10.0 Å². The summed E-state index contributed by atoms with van der Waals surface area (Å²) >= 11 is 5.93. The molecule has 0 aromatic carbocycles. The minimum absolute atomic E-state index is 0.138. The fourth-order valence-electron chi connectivity index (χ4n) is 1.22. The lowest BCUT2D eigenvalue weighted by Crippen LogP contribution is -2.28. The monoisotopic (exact) mass is 250 g/mol. The maximum Gasteiger partial charge on any atom is 0.188 e. The molecule has 0 spiro atoms. The Kier molecular flexibility index (Phi) is 2.91. The summed E-state index contributed by atoms with van der Waals surface area (Å²) in [4.78, 5) is 0.138. The van der Waals surface area contributed by atoms with Crippen molar-refractivity contribution >= 4 is 21.4 Å². The van der Waals surface area contributed by atoms with E-state index >= 15 is 0 Å². The zero-order valence-electron chi connectivity index (χ0n) is 9.50. The number of rotatable bonds is 1. The molecule has 6 heteroatoms. The second kappa shape index (κ2) is 3.49. The molecule has 0 bridgehead atoms. The molecule has 0 amide bonds. The highest BCUT2D eigenvalue weighted by Crippen LogP contribution is 2.32. The second-order valence-corrected chi connectivity index (χ2v) is 7.44. The van der Waals surface area contributed by atoms with E-state index in [0.29, 0.717) is 5.69 Å². The molecule has 0 radical (unpaired) electrons. The smallest absolute Gasteiger partial charge is 0.188 e. The minimum Gasteiger partial charge on any atom is -0.255 e. The first kappa shape index (κ1) is 12.5. The molecule has 1 aromatic rings. The summed E-state index contributed by atoms with van der Waals surface area (Å²) in [7, 11) is -1.81. The summed E-state index contributed by atoms with van der Waals surface area (Å²) in [5, 5.41) is 4.16. The largest absolute Gasteiger partial charge is 0.255 e. The first-order valence-corrected chi connectivity index (χ1v) is 6.39. The molecule has 0 aliphatic carbocycles. The molecule has 0 atom stereocenters. The van der Waals surface area contributed by atoms with Crippen LogP contribution in [0.1, 0.15) is 26.5 Å². The van der Waals surface area contributed by atoms with Crippen molar-refractivity contribution in [1.29, 1.82) is 0 Å². The molecule has 0 unspecified atom stereocenters. The van der Waals surface area contributed by atoms with Gasteiger partial charge in [-0.3, -0.25) is 4.68 Å². The van der Waals surface area contributed by atoms with E-state index in [2.05, 4.69) is 5.10 Å². The molecular weight excluding hydrogens is 236 g/mol. The van der Waals surface area contributed by atoms with Crippen LogP contribution in [0.15, 0.2) is 4.90 Å². The molecule has 0 aliphatic heterocycles. The van der Waals surface area contributed by atoms with Gasteiger partial charge in [-0.05, 0) is 27.7 Å². The van der Waals surface area contributed by atoms with E-state index < -0.39 is 14.6 Å². The molecule has 1 heterocycles. The topological polar surface area (TPSA) is 52.0 Å². The average Bonchev–Trinajstić information content (AvgIpc) is 2.24. The summed E-state index contributed by atoms with van der Waals surface area (Å²) in [6.45, 7) is 6.58. The summed E-state index contributed by atoms with van der Waals surface area (Å²) in [6, 6.07) is 0. The van der Waals surface area contributed by atoms with Crippen molar-refractivity contribution in [3.05, 3.63) is 10.8 Å². The van der Waals surface area contributed by atoms with E-state index in [1.54, 1.807) is 34.7 Å². The fraction of sp³-hybridized carbons (Fsp3) is 0.667. The second-order valence-electron chi connectivity index (χ2n) is 4.44. The van der Waals surface area contributed by atoms with E-state index in [9.17, 15) is 8.42 Å². The highest BCUT2D eigenvalue weighted by Gasteiger charge is 2.36. The number of aromatic nitrogens is 2. The normalized spacial score (nSPS) is 13.2. The number of hydrogen-bond donors (Lipinski definition) is 0. The minimum atomic E-state index is -3.43. The van der Waals surface area contributed by atoms with Crippen LogP contribution in [0.25, 0.3) is 0 Å². The maximum absolute atomic E-state index is 12.2. The van der Waals surface area contributed by atoms with Gasteiger partial charge in [0.25, 0.3) is 0 Å². The highest BCUT2D eigenvalue weighted by molar-refractivity contribution is 7.93. The zero-order valence-corrected chi connectivity index (χ0v) is 11.1. The van der Waals surface area contributed by atoms with Crippen molar-refractivity contribution in [3.8, 4) is 0 Å². The predicted molar refractivity (Wildman–Crippen MR) is 59.9 cm³/mol. The highest BCUT2D eigenvalue weighted by atomic mass is 35.5. The first-order valence-electron chi connectivity index (χ1n) is 4.52. The van der Waals surface area contributed by atoms with Crippen LogP contribution in [0.5, 0.6) is 0 Å². The average molecular weight is 251 g/mol. The van der Waals surface area contributed by atoms with Gasteiger partial charge in [-0.1, -0.05) is 11.6 Å². The fourth-order valence-corrected chi connectivity index (χ4v) is 3.10. The zero-order chi connectivity index (χ0) is 12.0. The Balaban J connectivity index is 3.55. The van der Waals surface area contributed by atoms with Crippen LogP contribution in [0.2, 0.25) is 5.15 Å². The van der Waals surface area contributed by atoms with Gasteiger partial charge < -0.3 is 0 Å². The Labute approximate surface area is 95.2 Å². The number of nitrogens with zero attached hydrogens (tertiary/aromatic N) is 2. The molecule has 0 N–H and O–H groups in total. The lowest BCUT2D eigenvalue weighted by Gasteiger charge is -2.18. The third-order valence-electron chi connectivity index (χ3n) is 2.18. The summed E-state index contributed by atoms with van der Waals surface area (Å²) in [6.07, 6.45) is 0. The molecule has 86 valence electrons. The van der Waals surface area contributed by atoms with Gasteiger partial charge in [-0.15, -0.1) is 0 Å². The molecule has 0 saturated carbocycles. The lowest BCUT2D eigenvalue weighted by molar-refractivity contribution is 0.559. The number of aryl methyl sites for hydroxylation is 2. The maximum atomic E-state index is 12.2. The van der Waals surface area contributed by atoms with Crippen LogP contribution < -0.4 is 0 Å². The van der Waals surface area contributed by atoms with Gasteiger partial charge in [-0.25, -0.2) is 8.42 Å². The van der Waals surface area contributed by atoms with E-state index in [1.165, 1.54) is 4.68 Å². The lowest BCUT2D eigenvalue weighted by atomic mass is 10.3. The van der Waals surface area contributed by atoms with E-state index in [0.717, 1.165) is 0 Å². The Hall–Kier alpha value is -0.550. The van der Waals surface area contributed by atoms with Crippen molar-refractivity contribution in [2.45, 2.75) is 37.3 Å². The Morgan fingerprint density at radius 2 is 1.80 bits per heavy atom. The number of halogens is 1. The van der Waals surface area contributed by atoms with Crippen molar-refractivity contribution in [1.82, 2.24) is 9.78 Å². The van der Waals surface area contributed by atoms with Crippen molar-refractivity contribution in [2.75, 3.05) is 0 Å². The van der Waals surface area contributed by atoms with Crippen LogP contribution in [-0.4, -0.2) is 22.9 Å². The summed E-state index contributed by atoms with van der Waals surface area (Å²) in [5.74, 6) is 0. The predicted octanol–water partition coefficient (Wildman–Crippen LogP) is 1.95. The van der Waals surface area contributed by atoms with Gasteiger partial charge in [-0.2, -0.15) is 5.10 Å². The summed E-state index contributed by atoms with van der Waals surface area (Å²) in [5.41, 5.74) is 0.442. The molecule has 1 aromatic heterocycles. The molecular formula is C9H15ClN2O2S. The molecule has 4 nitrogen and oxygen atoms in total. The van der Waals surface area contributed by atoms with Crippen LogP contribution in [0.4, 0.5) is 0 Å². The van der Waals surface area contributed by atoms with Crippen molar-refractivity contribution in [3.63, 3.8) is 0 Å². The van der Waals surface area contributed by atoms with Crippen LogP contribution in [0, 0.1) is 6.92 Å². The van der Waals surface area contributed by atoms with Gasteiger partial charge >= 0.3 is 0 Å². The Bertz CT molecular complexity index is 483. The molecule has 15 heavy (non-hydrogen) atoms. The van der Waals surface area contributed by atoms with Crippen LogP contribution in [0.3, 0.4) is 0 Å². The molecule has 0 saturated heterocycles. The SMILES string of the molecule is Cc1nn(C)c(Cl)c1S(=O)(=O)C(C)(C)C. The van der Waals surface area contributed by atoms with E-state index in [1.807, 2.05) is 0 Å². The number of hydrogen-bond acceptors (Lipinski definition) is 3. The van der Waals surface area contributed by atoms with Crippen LogP contribution in [-0.2, 0) is 16.9 Å².